The van der Waals surface area contributed by atoms with Crippen molar-refractivity contribution in [3.63, 3.8) is 0 Å². The molecule has 0 N–H and O–H groups in total. The predicted molar refractivity (Wildman–Crippen MR) is 74.6 cm³/mol. The Morgan fingerprint density at radius 1 is 1.33 bits per heavy atom. The maximum absolute atomic E-state index is 11.8. The quantitative estimate of drug-likeness (QED) is 0.776. The summed E-state index contributed by atoms with van der Waals surface area (Å²) in [6.45, 7) is 1.93. The second kappa shape index (κ2) is 7.38. The molecule has 0 saturated carbocycles. The fraction of sp³-hybridized carbons (Fsp3) is 0.333. The summed E-state index contributed by atoms with van der Waals surface area (Å²) in [6.07, 6.45) is -0.547. The highest BCUT2D eigenvalue weighted by molar-refractivity contribution is 9.09. The smallest absolute Gasteiger partial charge is 0.414 e. The zero-order valence-electron chi connectivity index (χ0n) is 9.86. The molecule has 18 heavy (non-hydrogen) atoms. The van der Waals surface area contributed by atoms with Crippen LogP contribution in [0, 0.1) is 0 Å². The average Bonchev–Trinajstić information content (AvgIpc) is 2.37. The maximum Gasteiger partial charge on any atom is 0.414 e. The summed E-state index contributed by atoms with van der Waals surface area (Å²) in [6, 6.07) is 6.64. The molecular weight excluding hydrogens is 321 g/mol. The Kier molecular flexibility index (Phi) is 6.15. The molecule has 0 atom stereocenters. The van der Waals surface area contributed by atoms with Crippen LogP contribution in [0.5, 0.6) is 0 Å². The van der Waals surface area contributed by atoms with Gasteiger partial charge in [0.1, 0.15) is 0 Å². The lowest BCUT2D eigenvalue weighted by atomic mass is 10.3. The Hall–Kier alpha value is -1.07. The lowest BCUT2D eigenvalue weighted by Crippen LogP contribution is -2.36. The van der Waals surface area contributed by atoms with Crippen LogP contribution in [0.3, 0.4) is 0 Å². The molecule has 0 aromatic heterocycles. The van der Waals surface area contributed by atoms with Gasteiger partial charge >= 0.3 is 6.09 Å². The Morgan fingerprint density at radius 2 is 1.94 bits per heavy atom. The van der Waals surface area contributed by atoms with E-state index in [0.29, 0.717) is 10.7 Å². The first-order valence-electron chi connectivity index (χ1n) is 5.36. The van der Waals surface area contributed by atoms with Gasteiger partial charge in [-0.2, -0.15) is 0 Å². The third kappa shape index (κ3) is 4.31. The monoisotopic (exact) mass is 333 g/mol. The molecule has 1 aromatic carbocycles. The number of anilines is 1. The van der Waals surface area contributed by atoms with Gasteiger partial charge in [-0.15, -0.1) is 0 Å². The largest absolute Gasteiger partial charge is 0.449 e. The number of halogens is 2. The highest BCUT2D eigenvalue weighted by atomic mass is 79.9. The fourth-order valence-electron chi connectivity index (χ4n) is 1.30. The van der Waals surface area contributed by atoms with E-state index in [9.17, 15) is 9.59 Å². The van der Waals surface area contributed by atoms with E-state index in [0.717, 1.165) is 0 Å². The van der Waals surface area contributed by atoms with Crippen LogP contribution < -0.4 is 4.90 Å². The highest BCUT2D eigenvalue weighted by Crippen LogP contribution is 2.19. The first-order chi connectivity index (χ1) is 8.58. The third-order valence-corrected chi connectivity index (χ3v) is 2.99. The standard InChI is InChI=1S/C12H13BrClNO3/c1-2-18-12(17)15(8-11(16)7-13)10-5-3-9(14)4-6-10/h3-6H,2,7-8H2,1H3. The van der Waals surface area contributed by atoms with Gasteiger partial charge < -0.3 is 4.74 Å². The number of amides is 1. The van der Waals surface area contributed by atoms with Crippen molar-refractivity contribution in [2.75, 3.05) is 23.4 Å². The van der Waals surface area contributed by atoms with E-state index in [1.807, 2.05) is 0 Å². The van der Waals surface area contributed by atoms with Crippen LogP contribution in [0.1, 0.15) is 6.92 Å². The van der Waals surface area contributed by atoms with Gasteiger partial charge in [0.2, 0.25) is 0 Å². The van der Waals surface area contributed by atoms with Crippen molar-refractivity contribution < 1.29 is 14.3 Å². The number of benzene rings is 1. The van der Waals surface area contributed by atoms with Crippen LogP contribution in [-0.4, -0.2) is 30.4 Å². The number of ether oxygens (including phenoxy) is 1. The molecule has 0 fully saturated rings. The number of carbonyl (C=O) groups is 2. The summed E-state index contributed by atoms with van der Waals surface area (Å²) in [5.41, 5.74) is 0.576. The molecular formula is C12H13BrClNO3. The van der Waals surface area contributed by atoms with E-state index in [2.05, 4.69) is 15.9 Å². The van der Waals surface area contributed by atoms with E-state index in [-0.39, 0.29) is 24.3 Å². The number of rotatable bonds is 5. The number of nitrogens with zero attached hydrogens (tertiary/aromatic N) is 1. The second-order valence-electron chi connectivity index (χ2n) is 3.43. The number of hydrogen-bond donors (Lipinski definition) is 0. The van der Waals surface area contributed by atoms with Gasteiger partial charge in [0.15, 0.2) is 5.78 Å². The molecule has 1 rings (SSSR count). The number of hydrogen-bond acceptors (Lipinski definition) is 3. The van der Waals surface area contributed by atoms with E-state index < -0.39 is 6.09 Å². The summed E-state index contributed by atoms with van der Waals surface area (Å²) in [4.78, 5) is 24.5. The molecule has 1 aromatic rings. The Morgan fingerprint density at radius 3 is 2.44 bits per heavy atom. The van der Waals surface area contributed by atoms with Crippen molar-refractivity contribution in [1.82, 2.24) is 0 Å². The van der Waals surface area contributed by atoms with Gasteiger partial charge in [0.05, 0.1) is 18.5 Å². The number of ketones is 1. The molecule has 1 amide bonds. The van der Waals surface area contributed by atoms with Crippen molar-refractivity contribution in [3.05, 3.63) is 29.3 Å². The zero-order chi connectivity index (χ0) is 13.5. The van der Waals surface area contributed by atoms with Crippen LogP contribution in [0.15, 0.2) is 24.3 Å². The lowest BCUT2D eigenvalue weighted by Gasteiger charge is -2.20. The maximum atomic E-state index is 11.8. The van der Waals surface area contributed by atoms with E-state index in [4.69, 9.17) is 16.3 Å². The van der Waals surface area contributed by atoms with Crippen molar-refractivity contribution in [2.24, 2.45) is 0 Å². The molecule has 0 aliphatic carbocycles. The van der Waals surface area contributed by atoms with Crippen LogP contribution in [0.25, 0.3) is 0 Å². The molecule has 0 spiro atoms. The van der Waals surface area contributed by atoms with Gasteiger partial charge in [-0.05, 0) is 31.2 Å². The van der Waals surface area contributed by atoms with Crippen LogP contribution in [-0.2, 0) is 9.53 Å². The van der Waals surface area contributed by atoms with E-state index in [1.54, 1.807) is 31.2 Å². The van der Waals surface area contributed by atoms with Crippen LogP contribution >= 0.6 is 27.5 Å². The summed E-state index contributed by atoms with van der Waals surface area (Å²) >= 11 is 8.85. The summed E-state index contributed by atoms with van der Waals surface area (Å²) in [5, 5.41) is 0.755. The zero-order valence-corrected chi connectivity index (χ0v) is 12.2. The normalized spacial score (nSPS) is 9.94. The molecule has 6 heteroatoms. The minimum absolute atomic E-state index is 0.0360. The minimum atomic E-state index is -0.547. The number of carbonyl (C=O) groups excluding carboxylic acids is 2. The van der Waals surface area contributed by atoms with Crippen LogP contribution in [0.4, 0.5) is 10.5 Å². The summed E-state index contributed by atoms with van der Waals surface area (Å²) in [7, 11) is 0. The Balaban J connectivity index is 2.92. The second-order valence-corrected chi connectivity index (χ2v) is 4.43. The van der Waals surface area contributed by atoms with Gasteiger partial charge in [-0.1, -0.05) is 27.5 Å². The molecule has 0 unspecified atom stereocenters. The molecule has 0 aliphatic rings. The van der Waals surface area contributed by atoms with Crippen molar-refractivity contribution in [1.29, 1.82) is 0 Å². The van der Waals surface area contributed by atoms with Crippen molar-refractivity contribution >= 4 is 45.1 Å². The van der Waals surface area contributed by atoms with E-state index in [1.165, 1.54) is 4.90 Å². The Bertz CT molecular complexity index is 422. The first kappa shape index (κ1) is 15.0. The molecule has 0 radical (unpaired) electrons. The van der Waals surface area contributed by atoms with Crippen molar-refractivity contribution in [3.8, 4) is 0 Å². The molecule has 4 nitrogen and oxygen atoms in total. The van der Waals surface area contributed by atoms with Gasteiger partial charge in [0, 0.05) is 10.7 Å². The van der Waals surface area contributed by atoms with Gasteiger partial charge in [0.25, 0.3) is 0 Å². The molecule has 0 aliphatic heterocycles. The molecule has 0 heterocycles. The molecule has 98 valence electrons. The highest BCUT2D eigenvalue weighted by Gasteiger charge is 2.19. The van der Waals surface area contributed by atoms with Gasteiger partial charge in [-0.25, -0.2) is 4.79 Å². The third-order valence-electron chi connectivity index (χ3n) is 2.11. The molecule has 0 bridgehead atoms. The SMILES string of the molecule is CCOC(=O)N(CC(=O)CBr)c1ccc(Cl)cc1. The van der Waals surface area contributed by atoms with Gasteiger partial charge in [-0.3, -0.25) is 9.69 Å². The number of alkyl halides is 1. The minimum Gasteiger partial charge on any atom is -0.449 e. The summed E-state index contributed by atoms with van der Waals surface area (Å²) in [5.74, 6) is -0.113. The predicted octanol–water partition coefficient (Wildman–Crippen LogP) is 3.27. The fourth-order valence-corrected chi connectivity index (χ4v) is 1.61. The Labute approximate surface area is 119 Å². The summed E-state index contributed by atoms with van der Waals surface area (Å²) < 4.78 is 4.92. The lowest BCUT2D eigenvalue weighted by molar-refractivity contribution is -0.115. The van der Waals surface area contributed by atoms with Crippen molar-refractivity contribution in [2.45, 2.75) is 6.92 Å². The topological polar surface area (TPSA) is 46.6 Å². The first-order valence-corrected chi connectivity index (χ1v) is 6.86. The number of Topliss-reactive ketones (excluding diaryl/α,β-unsaturated/α-hetero) is 1. The average molecular weight is 335 g/mol. The van der Waals surface area contributed by atoms with Crippen LogP contribution in [0.2, 0.25) is 5.02 Å². The molecule has 0 saturated heterocycles. The van der Waals surface area contributed by atoms with E-state index >= 15 is 0 Å².